The van der Waals surface area contributed by atoms with Gasteiger partial charge in [-0.05, 0) is 38.0 Å². The average molecular weight is 371 g/mol. The molecule has 1 aliphatic rings. The van der Waals surface area contributed by atoms with Crippen LogP contribution in [-0.2, 0) is 10.0 Å². The van der Waals surface area contributed by atoms with Crippen molar-refractivity contribution in [2.75, 3.05) is 19.3 Å². The molecule has 0 unspecified atom stereocenters. The van der Waals surface area contributed by atoms with Crippen molar-refractivity contribution in [1.82, 2.24) is 9.62 Å². The molecule has 6 nitrogen and oxygen atoms in total. The number of hydrogen-bond acceptors (Lipinski definition) is 4. The topological polar surface area (TPSA) is 79.6 Å². The quantitative estimate of drug-likeness (QED) is 0.900. The predicted octanol–water partition coefficient (Wildman–Crippen LogP) is 2.55. The molecule has 1 aromatic carbocycles. The van der Waals surface area contributed by atoms with E-state index < -0.39 is 10.0 Å². The van der Waals surface area contributed by atoms with Gasteiger partial charge < -0.3 is 9.73 Å². The molecular weight excluding hydrogens is 352 g/mol. The number of nitrogens with zero attached hydrogens (tertiary/aromatic N) is 1. The lowest BCUT2D eigenvalue weighted by atomic mass is 10.1. The van der Waals surface area contributed by atoms with Gasteiger partial charge in [-0.25, -0.2) is 12.7 Å². The van der Waals surface area contributed by atoms with Gasteiger partial charge in [0.15, 0.2) is 5.76 Å². The largest absolute Gasteiger partial charge is 0.451 e. The lowest BCUT2D eigenvalue weighted by molar-refractivity contribution is 0.0897. The molecule has 0 bridgehead atoms. The maximum absolute atomic E-state index is 12.5. The number of carbonyl (C=O) groups excluding carboxylic acids is 1. The number of rotatable bonds is 3. The van der Waals surface area contributed by atoms with E-state index in [0.29, 0.717) is 36.5 Å². The molecule has 2 aromatic rings. The Morgan fingerprint density at radius 2 is 2.00 bits per heavy atom. The van der Waals surface area contributed by atoms with Gasteiger partial charge >= 0.3 is 0 Å². The number of sulfonamides is 1. The van der Waals surface area contributed by atoms with Crippen molar-refractivity contribution in [3.05, 3.63) is 34.5 Å². The molecular formula is C16H19ClN2O4S. The van der Waals surface area contributed by atoms with E-state index in [9.17, 15) is 13.2 Å². The summed E-state index contributed by atoms with van der Waals surface area (Å²) in [5.74, 6) is -0.00422. The lowest BCUT2D eigenvalue weighted by Crippen LogP contribution is -2.46. The minimum atomic E-state index is -3.17. The van der Waals surface area contributed by atoms with Crippen LogP contribution in [0.15, 0.2) is 22.6 Å². The van der Waals surface area contributed by atoms with Crippen LogP contribution in [0, 0.1) is 6.92 Å². The van der Waals surface area contributed by atoms with Crippen molar-refractivity contribution in [3.8, 4) is 0 Å². The number of halogens is 1. The van der Waals surface area contributed by atoms with Crippen LogP contribution in [0.1, 0.15) is 29.0 Å². The summed E-state index contributed by atoms with van der Waals surface area (Å²) in [6, 6.07) is 5.17. The predicted molar refractivity (Wildman–Crippen MR) is 92.9 cm³/mol. The van der Waals surface area contributed by atoms with Gasteiger partial charge in [-0.3, -0.25) is 4.79 Å². The zero-order chi connectivity index (χ0) is 17.5. The zero-order valence-electron chi connectivity index (χ0n) is 13.5. The summed E-state index contributed by atoms with van der Waals surface area (Å²) in [5.41, 5.74) is 1.37. The van der Waals surface area contributed by atoms with E-state index in [1.54, 1.807) is 18.2 Å². The number of benzene rings is 1. The van der Waals surface area contributed by atoms with Crippen molar-refractivity contribution in [2.24, 2.45) is 0 Å². The monoisotopic (exact) mass is 370 g/mol. The fourth-order valence-electron chi connectivity index (χ4n) is 2.99. The fourth-order valence-corrected chi connectivity index (χ4v) is 4.04. The summed E-state index contributed by atoms with van der Waals surface area (Å²) in [6.45, 7) is 2.65. The summed E-state index contributed by atoms with van der Waals surface area (Å²) in [7, 11) is -3.17. The van der Waals surface area contributed by atoms with Crippen LogP contribution in [0.25, 0.3) is 11.0 Å². The number of piperidine rings is 1. The first-order valence-electron chi connectivity index (χ1n) is 7.70. The van der Waals surface area contributed by atoms with Crippen molar-refractivity contribution in [3.63, 3.8) is 0 Å². The van der Waals surface area contributed by atoms with E-state index in [1.165, 1.54) is 10.6 Å². The first-order valence-corrected chi connectivity index (χ1v) is 9.93. The molecule has 1 amide bonds. The second-order valence-corrected chi connectivity index (χ2v) is 8.53. The molecule has 2 heterocycles. The van der Waals surface area contributed by atoms with Crippen molar-refractivity contribution in [2.45, 2.75) is 25.8 Å². The van der Waals surface area contributed by atoms with Gasteiger partial charge in [0.1, 0.15) is 5.58 Å². The van der Waals surface area contributed by atoms with Crippen molar-refractivity contribution < 1.29 is 17.6 Å². The van der Waals surface area contributed by atoms with E-state index in [-0.39, 0.29) is 17.7 Å². The Morgan fingerprint density at radius 1 is 1.33 bits per heavy atom. The van der Waals surface area contributed by atoms with Crippen LogP contribution >= 0.6 is 11.6 Å². The summed E-state index contributed by atoms with van der Waals surface area (Å²) >= 11 is 5.99. The summed E-state index contributed by atoms with van der Waals surface area (Å²) < 4.78 is 30.1. The smallest absolute Gasteiger partial charge is 0.287 e. The second kappa shape index (κ2) is 6.38. The van der Waals surface area contributed by atoms with E-state index in [2.05, 4.69) is 5.32 Å². The third-order valence-corrected chi connectivity index (χ3v) is 5.90. The molecule has 0 spiro atoms. The van der Waals surface area contributed by atoms with Crippen LogP contribution in [0.4, 0.5) is 0 Å². The molecule has 1 saturated heterocycles. The Morgan fingerprint density at radius 3 is 2.62 bits per heavy atom. The Kier molecular flexibility index (Phi) is 4.59. The maximum Gasteiger partial charge on any atom is 0.287 e. The number of carbonyl (C=O) groups is 1. The first kappa shape index (κ1) is 17.3. The molecule has 1 N–H and O–H groups in total. The number of furan rings is 1. The highest BCUT2D eigenvalue weighted by atomic mass is 35.5. The van der Waals surface area contributed by atoms with Gasteiger partial charge in [0.25, 0.3) is 5.91 Å². The van der Waals surface area contributed by atoms with Gasteiger partial charge in [-0.2, -0.15) is 0 Å². The fraction of sp³-hybridized carbons (Fsp3) is 0.438. The summed E-state index contributed by atoms with van der Waals surface area (Å²) in [6.07, 6.45) is 2.38. The number of amides is 1. The number of fused-ring (bicyclic) bond motifs is 1. The van der Waals surface area contributed by atoms with Crippen molar-refractivity contribution >= 4 is 38.5 Å². The maximum atomic E-state index is 12.5. The second-order valence-electron chi connectivity index (χ2n) is 6.11. The van der Waals surface area contributed by atoms with Gasteiger partial charge in [-0.1, -0.05) is 11.6 Å². The SMILES string of the molecule is Cc1c(C(=O)NC2CCN(S(C)(=O)=O)CC2)oc2ccc(Cl)cc12. The van der Waals surface area contributed by atoms with Gasteiger partial charge in [0, 0.05) is 35.1 Å². The van der Waals surface area contributed by atoms with Gasteiger partial charge in [-0.15, -0.1) is 0 Å². The molecule has 1 fully saturated rings. The Bertz CT molecular complexity index is 883. The Labute approximate surface area is 145 Å². The third kappa shape index (κ3) is 3.43. The summed E-state index contributed by atoms with van der Waals surface area (Å²) in [5, 5.41) is 4.34. The molecule has 1 aliphatic heterocycles. The van der Waals surface area contributed by atoms with E-state index in [1.807, 2.05) is 6.92 Å². The molecule has 24 heavy (non-hydrogen) atoms. The van der Waals surface area contributed by atoms with E-state index >= 15 is 0 Å². The normalized spacial score (nSPS) is 17.3. The van der Waals surface area contributed by atoms with Crippen LogP contribution in [0.5, 0.6) is 0 Å². The van der Waals surface area contributed by atoms with Crippen LogP contribution in [0.3, 0.4) is 0 Å². The molecule has 0 saturated carbocycles. The van der Waals surface area contributed by atoms with E-state index in [4.69, 9.17) is 16.0 Å². The van der Waals surface area contributed by atoms with Crippen LogP contribution < -0.4 is 5.32 Å². The molecule has 0 radical (unpaired) electrons. The molecule has 8 heteroatoms. The van der Waals surface area contributed by atoms with Gasteiger partial charge in [0.2, 0.25) is 10.0 Å². The number of hydrogen-bond donors (Lipinski definition) is 1. The highest BCUT2D eigenvalue weighted by Crippen LogP contribution is 2.28. The minimum absolute atomic E-state index is 0.0632. The first-order chi connectivity index (χ1) is 11.3. The van der Waals surface area contributed by atoms with Crippen LogP contribution in [0.2, 0.25) is 5.02 Å². The van der Waals surface area contributed by atoms with Crippen LogP contribution in [-0.4, -0.2) is 44.0 Å². The third-order valence-electron chi connectivity index (χ3n) is 4.36. The lowest BCUT2D eigenvalue weighted by Gasteiger charge is -2.30. The Balaban J connectivity index is 1.71. The van der Waals surface area contributed by atoms with E-state index in [0.717, 1.165) is 10.9 Å². The number of aryl methyl sites for hydroxylation is 1. The number of nitrogens with one attached hydrogen (secondary N) is 1. The molecule has 130 valence electrons. The molecule has 3 rings (SSSR count). The van der Waals surface area contributed by atoms with Gasteiger partial charge in [0.05, 0.1) is 6.26 Å². The summed E-state index contributed by atoms with van der Waals surface area (Å²) in [4.78, 5) is 12.5. The molecule has 0 aliphatic carbocycles. The van der Waals surface area contributed by atoms with Crippen molar-refractivity contribution in [1.29, 1.82) is 0 Å². The zero-order valence-corrected chi connectivity index (χ0v) is 15.1. The minimum Gasteiger partial charge on any atom is -0.451 e. The standard InChI is InChI=1S/C16H19ClN2O4S/c1-10-13-9-11(17)3-4-14(13)23-15(10)16(20)18-12-5-7-19(8-6-12)24(2,21)22/h3-4,9,12H,5-8H2,1-2H3,(H,18,20). The highest BCUT2D eigenvalue weighted by Gasteiger charge is 2.27. The average Bonchev–Trinajstić information content (AvgIpc) is 2.84. The highest BCUT2D eigenvalue weighted by molar-refractivity contribution is 7.88. The molecule has 1 aromatic heterocycles. The molecule has 0 atom stereocenters. The Hall–Kier alpha value is -1.57.